The van der Waals surface area contributed by atoms with E-state index in [-0.39, 0.29) is 6.61 Å². The van der Waals surface area contributed by atoms with Gasteiger partial charge in [0, 0.05) is 25.6 Å². The predicted molar refractivity (Wildman–Crippen MR) is 36.6 cm³/mol. The maximum atomic E-state index is 8.67. The average molecular weight is 128 g/mol. The molecule has 0 aromatic carbocycles. The van der Waals surface area contributed by atoms with Crippen LogP contribution in [0.25, 0.3) is 0 Å². The minimum absolute atomic E-state index is 0.240. The molecule has 0 aromatic rings. The van der Waals surface area contributed by atoms with E-state index in [1.54, 1.807) is 0 Å². The monoisotopic (exact) mass is 128 g/mol. The number of nitrogens with one attached hydrogen (secondary N) is 1. The fourth-order valence-electron chi connectivity index (χ4n) is 0.801. The van der Waals surface area contributed by atoms with Gasteiger partial charge in [0.2, 0.25) is 0 Å². The van der Waals surface area contributed by atoms with Crippen LogP contribution in [-0.2, 0) is 0 Å². The van der Waals surface area contributed by atoms with Crippen molar-refractivity contribution < 1.29 is 5.11 Å². The van der Waals surface area contributed by atoms with Crippen molar-refractivity contribution in [1.29, 1.82) is 0 Å². The van der Waals surface area contributed by atoms with Crippen LogP contribution in [0.3, 0.4) is 0 Å². The van der Waals surface area contributed by atoms with Gasteiger partial charge in [-0.05, 0) is 6.92 Å². The first-order chi connectivity index (χ1) is 4.33. The molecule has 0 spiro atoms. The molecule has 0 bridgehead atoms. The largest absolute Gasteiger partial charge is 0.396 e. The number of rotatable bonds is 1. The molecule has 1 heterocycles. The van der Waals surface area contributed by atoms with Gasteiger partial charge in [-0.1, -0.05) is 0 Å². The number of hydrogen-bond acceptors (Lipinski definition) is 3. The Balaban J connectivity index is 2.36. The molecule has 0 saturated carbocycles. The third-order valence-corrected chi connectivity index (χ3v) is 1.49. The second-order valence-electron chi connectivity index (χ2n) is 2.36. The van der Waals surface area contributed by atoms with Crippen molar-refractivity contribution in [3.8, 4) is 0 Å². The van der Waals surface area contributed by atoms with Crippen molar-refractivity contribution >= 4 is 5.84 Å². The summed E-state index contributed by atoms with van der Waals surface area (Å²) in [6, 6.07) is 0. The lowest BCUT2D eigenvalue weighted by Gasteiger charge is -2.18. The SMILES string of the molecule is CC1=NCC(CO)CN1. The summed E-state index contributed by atoms with van der Waals surface area (Å²) in [4.78, 5) is 4.13. The molecule has 52 valence electrons. The lowest BCUT2D eigenvalue weighted by molar-refractivity contribution is 0.228. The molecule has 0 radical (unpaired) electrons. The van der Waals surface area contributed by atoms with Gasteiger partial charge in [0.25, 0.3) is 0 Å². The predicted octanol–water partition coefficient (Wildman–Crippen LogP) is -0.384. The fraction of sp³-hybridized carbons (Fsp3) is 0.833. The Kier molecular flexibility index (Phi) is 2.05. The number of aliphatic hydroxyl groups is 1. The summed E-state index contributed by atoms with van der Waals surface area (Å²) < 4.78 is 0. The van der Waals surface area contributed by atoms with Crippen molar-refractivity contribution in [3.63, 3.8) is 0 Å². The molecule has 1 aliphatic rings. The summed E-state index contributed by atoms with van der Waals surface area (Å²) in [7, 11) is 0. The third kappa shape index (κ3) is 1.68. The minimum atomic E-state index is 0.240. The van der Waals surface area contributed by atoms with Crippen molar-refractivity contribution in [3.05, 3.63) is 0 Å². The molecular weight excluding hydrogens is 116 g/mol. The Bertz CT molecular complexity index is 122. The molecule has 0 fully saturated rings. The topological polar surface area (TPSA) is 44.6 Å². The number of aliphatic hydroxyl groups excluding tert-OH is 1. The van der Waals surface area contributed by atoms with Gasteiger partial charge in [-0.2, -0.15) is 0 Å². The van der Waals surface area contributed by atoms with Crippen LogP contribution in [0.2, 0.25) is 0 Å². The molecule has 1 rings (SSSR count). The molecule has 1 aliphatic heterocycles. The summed E-state index contributed by atoms with van der Waals surface area (Å²) >= 11 is 0. The molecule has 3 heteroatoms. The van der Waals surface area contributed by atoms with Crippen molar-refractivity contribution in [2.24, 2.45) is 10.9 Å². The smallest absolute Gasteiger partial charge is 0.0931 e. The zero-order valence-corrected chi connectivity index (χ0v) is 5.59. The Morgan fingerprint density at radius 3 is 3.11 bits per heavy atom. The first-order valence-electron chi connectivity index (χ1n) is 3.18. The van der Waals surface area contributed by atoms with E-state index < -0.39 is 0 Å². The number of nitrogens with zero attached hydrogens (tertiary/aromatic N) is 1. The quantitative estimate of drug-likeness (QED) is 0.505. The second kappa shape index (κ2) is 2.82. The average Bonchev–Trinajstić information content (AvgIpc) is 1.90. The third-order valence-electron chi connectivity index (χ3n) is 1.49. The number of aliphatic imine (C=N–C) groups is 1. The van der Waals surface area contributed by atoms with E-state index in [2.05, 4.69) is 10.3 Å². The lowest BCUT2D eigenvalue weighted by atomic mass is 10.1. The molecule has 3 nitrogen and oxygen atoms in total. The molecule has 0 aromatic heterocycles. The van der Waals surface area contributed by atoms with Crippen LogP contribution in [0.4, 0.5) is 0 Å². The van der Waals surface area contributed by atoms with Crippen LogP contribution in [0.1, 0.15) is 6.92 Å². The lowest BCUT2D eigenvalue weighted by Crippen LogP contribution is -2.35. The highest BCUT2D eigenvalue weighted by molar-refractivity contribution is 5.79. The summed E-state index contributed by atoms with van der Waals surface area (Å²) in [6.45, 7) is 3.82. The first-order valence-corrected chi connectivity index (χ1v) is 3.18. The van der Waals surface area contributed by atoms with Gasteiger partial charge in [0.15, 0.2) is 0 Å². The van der Waals surface area contributed by atoms with Crippen molar-refractivity contribution in [1.82, 2.24) is 5.32 Å². The maximum Gasteiger partial charge on any atom is 0.0931 e. The highest BCUT2D eigenvalue weighted by atomic mass is 16.3. The Morgan fingerprint density at radius 1 is 1.89 bits per heavy atom. The van der Waals surface area contributed by atoms with E-state index in [1.165, 1.54) is 0 Å². The van der Waals surface area contributed by atoms with Crippen LogP contribution < -0.4 is 5.32 Å². The first kappa shape index (κ1) is 6.55. The Hall–Kier alpha value is -0.570. The highest BCUT2D eigenvalue weighted by Crippen LogP contribution is 1.98. The van der Waals surface area contributed by atoms with Crippen molar-refractivity contribution in [2.75, 3.05) is 19.7 Å². The molecule has 9 heavy (non-hydrogen) atoms. The standard InChI is InChI=1S/C6H12N2O/c1-5-7-2-6(4-9)3-8-5/h6,9H,2-4H2,1H3,(H,7,8). The van der Waals surface area contributed by atoms with Gasteiger partial charge < -0.3 is 10.4 Å². The van der Waals surface area contributed by atoms with E-state index in [1.807, 2.05) is 6.92 Å². The van der Waals surface area contributed by atoms with E-state index in [4.69, 9.17) is 5.11 Å². The van der Waals surface area contributed by atoms with E-state index in [0.29, 0.717) is 5.92 Å². The van der Waals surface area contributed by atoms with Crippen LogP contribution in [0, 0.1) is 5.92 Å². The Labute approximate surface area is 54.8 Å². The summed E-state index contributed by atoms with van der Waals surface area (Å²) in [5.74, 6) is 1.31. The van der Waals surface area contributed by atoms with Crippen LogP contribution >= 0.6 is 0 Å². The molecule has 0 amide bonds. The summed E-state index contributed by atoms with van der Waals surface area (Å²) in [5.41, 5.74) is 0. The van der Waals surface area contributed by atoms with Gasteiger partial charge in [0.05, 0.1) is 5.84 Å². The van der Waals surface area contributed by atoms with Gasteiger partial charge in [-0.3, -0.25) is 4.99 Å². The summed E-state index contributed by atoms with van der Waals surface area (Å²) in [5, 5.41) is 11.7. The molecule has 0 aliphatic carbocycles. The van der Waals surface area contributed by atoms with Gasteiger partial charge in [-0.15, -0.1) is 0 Å². The van der Waals surface area contributed by atoms with Crippen LogP contribution in [-0.4, -0.2) is 30.6 Å². The van der Waals surface area contributed by atoms with E-state index in [9.17, 15) is 0 Å². The summed E-state index contributed by atoms with van der Waals surface area (Å²) in [6.07, 6.45) is 0. The van der Waals surface area contributed by atoms with E-state index >= 15 is 0 Å². The van der Waals surface area contributed by atoms with Crippen molar-refractivity contribution in [2.45, 2.75) is 6.92 Å². The van der Waals surface area contributed by atoms with Gasteiger partial charge in [0.1, 0.15) is 0 Å². The molecule has 1 unspecified atom stereocenters. The minimum Gasteiger partial charge on any atom is -0.396 e. The maximum absolute atomic E-state index is 8.67. The molecule has 1 atom stereocenters. The van der Waals surface area contributed by atoms with E-state index in [0.717, 1.165) is 18.9 Å². The molecule has 0 saturated heterocycles. The van der Waals surface area contributed by atoms with Crippen LogP contribution in [0.15, 0.2) is 4.99 Å². The van der Waals surface area contributed by atoms with Gasteiger partial charge >= 0.3 is 0 Å². The zero-order valence-electron chi connectivity index (χ0n) is 5.59. The number of amidine groups is 1. The second-order valence-corrected chi connectivity index (χ2v) is 2.36. The van der Waals surface area contributed by atoms with Gasteiger partial charge in [-0.25, -0.2) is 0 Å². The van der Waals surface area contributed by atoms with Crippen LogP contribution in [0.5, 0.6) is 0 Å². The number of hydrogen-bond donors (Lipinski definition) is 2. The highest BCUT2D eigenvalue weighted by Gasteiger charge is 2.10. The molecular formula is C6H12N2O. The molecule has 2 N–H and O–H groups in total. The fourth-order valence-corrected chi connectivity index (χ4v) is 0.801. The Morgan fingerprint density at radius 2 is 2.67 bits per heavy atom. The zero-order chi connectivity index (χ0) is 6.69. The normalized spacial score (nSPS) is 26.9.